The Morgan fingerprint density at radius 3 is 2.95 bits per heavy atom. The first-order chi connectivity index (χ1) is 10.2. The van der Waals surface area contributed by atoms with Gasteiger partial charge in [-0.2, -0.15) is 0 Å². The second kappa shape index (κ2) is 9.71. The van der Waals surface area contributed by atoms with Crippen LogP contribution in [0.4, 0.5) is 8.78 Å². The number of nitrogens with one attached hydrogen (secondary N) is 2. The van der Waals surface area contributed by atoms with Gasteiger partial charge in [-0.1, -0.05) is 24.3 Å². The molecule has 2 rings (SSSR count). The molecule has 1 aromatic carbocycles. The van der Waals surface area contributed by atoms with Crippen molar-refractivity contribution in [2.75, 3.05) is 26.3 Å². The molecule has 0 saturated heterocycles. The van der Waals surface area contributed by atoms with Crippen molar-refractivity contribution in [2.45, 2.75) is 25.3 Å². The van der Waals surface area contributed by atoms with Crippen LogP contribution in [0.3, 0.4) is 0 Å². The summed E-state index contributed by atoms with van der Waals surface area (Å²) in [5.74, 6) is -0.186. The smallest absolute Gasteiger partial charge is 0.261 e. The van der Waals surface area contributed by atoms with Gasteiger partial charge in [0.15, 0.2) is 0 Å². The van der Waals surface area contributed by atoms with E-state index in [1.54, 1.807) is 0 Å². The summed E-state index contributed by atoms with van der Waals surface area (Å²) < 4.78 is 28.4. The van der Waals surface area contributed by atoms with Crippen LogP contribution in [-0.4, -0.2) is 38.6 Å². The van der Waals surface area contributed by atoms with Gasteiger partial charge in [0.2, 0.25) is 5.91 Å². The average molecular weight is 335 g/mol. The normalized spacial score (nSPS) is 16.8. The van der Waals surface area contributed by atoms with Crippen molar-refractivity contribution in [2.24, 2.45) is 0 Å². The molecule has 124 valence electrons. The number of halogens is 3. The summed E-state index contributed by atoms with van der Waals surface area (Å²) in [7, 11) is 0. The predicted octanol–water partition coefficient (Wildman–Crippen LogP) is 2.08. The number of alkyl halides is 2. The Morgan fingerprint density at radius 2 is 2.18 bits per heavy atom. The number of carbonyl (C=O) groups excluding carboxylic acids is 1. The molecule has 0 aliphatic carbocycles. The molecule has 7 heteroatoms. The molecule has 1 aliphatic rings. The monoisotopic (exact) mass is 334 g/mol. The lowest BCUT2D eigenvalue weighted by Gasteiger charge is -2.27. The Kier molecular flexibility index (Phi) is 8.30. The standard InChI is InChI=1S/C15H20F2N2O2.ClH/c16-14(17)10-21-8-6-15(20)19-9-13-12-4-2-1-3-11(12)5-7-18-13;/h1-4,13-14,18H,5-10H2,(H,19,20);1H. The zero-order chi connectivity index (χ0) is 15.1. The molecule has 0 saturated carbocycles. The van der Waals surface area contributed by atoms with Crippen LogP contribution in [0.5, 0.6) is 0 Å². The highest BCUT2D eigenvalue weighted by Gasteiger charge is 2.19. The van der Waals surface area contributed by atoms with E-state index in [1.165, 1.54) is 11.1 Å². The van der Waals surface area contributed by atoms with Crippen LogP contribution in [-0.2, 0) is 16.0 Å². The number of rotatable bonds is 7. The Labute approximate surface area is 135 Å². The van der Waals surface area contributed by atoms with Crippen LogP contribution in [0.1, 0.15) is 23.6 Å². The van der Waals surface area contributed by atoms with Gasteiger partial charge in [0.05, 0.1) is 6.61 Å². The van der Waals surface area contributed by atoms with E-state index >= 15 is 0 Å². The van der Waals surface area contributed by atoms with E-state index < -0.39 is 13.0 Å². The van der Waals surface area contributed by atoms with Crippen molar-refractivity contribution < 1.29 is 18.3 Å². The molecule has 22 heavy (non-hydrogen) atoms. The number of fused-ring (bicyclic) bond motifs is 1. The Bertz CT molecular complexity index is 475. The van der Waals surface area contributed by atoms with Crippen LogP contribution in [0, 0.1) is 0 Å². The molecule has 1 aliphatic heterocycles. The molecule has 0 radical (unpaired) electrons. The molecule has 2 N–H and O–H groups in total. The van der Waals surface area contributed by atoms with Gasteiger partial charge in [-0.15, -0.1) is 12.4 Å². The van der Waals surface area contributed by atoms with Gasteiger partial charge in [0, 0.05) is 19.0 Å². The third kappa shape index (κ3) is 5.87. The summed E-state index contributed by atoms with van der Waals surface area (Å²) >= 11 is 0. The molecular weight excluding hydrogens is 314 g/mol. The van der Waals surface area contributed by atoms with Crippen LogP contribution in [0.15, 0.2) is 24.3 Å². The Hall–Kier alpha value is -1.24. The summed E-state index contributed by atoms with van der Waals surface area (Å²) in [4.78, 5) is 11.6. The zero-order valence-corrected chi connectivity index (χ0v) is 13.0. The van der Waals surface area contributed by atoms with Gasteiger partial charge in [-0.3, -0.25) is 4.79 Å². The number of ether oxygens (including phenoxy) is 1. The number of carbonyl (C=O) groups is 1. The Morgan fingerprint density at radius 1 is 1.41 bits per heavy atom. The maximum Gasteiger partial charge on any atom is 0.261 e. The van der Waals surface area contributed by atoms with E-state index in [-0.39, 0.29) is 37.4 Å². The minimum Gasteiger partial charge on any atom is -0.375 e. The fourth-order valence-electron chi connectivity index (χ4n) is 2.42. The number of hydrogen-bond donors (Lipinski definition) is 2. The second-order valence-corrected chi connectivity index (χ2v) is 4.98. The fourth-order valence-corrected chi connectivity index (χ4v) is 2.42. The molecule has 1 aromatic rings. The van der Waals surface area contributed by atoms with E-state index in [0.29, 0.717) is 6.54 Å². The minimum atomic E-state index is -2.49. The van der Waals surface area contributed by atoms with E-state index in [9.17, 15) is 13.6 Å². The van der Waals surface area contributed by atoms with Gasteiger partial charge in [0.1, 0.15) is 6.61 Å². The molecule has 1 atom stereocenters. The van der Waals surface area contributed by atoms with Gasteiger partial charge in [-0.25, -0.2) is 8.78 Å². The topological polar surface area (TPSA) is 50.4 Å². The first kappa shape index (κ1) is 18.8. The molecule has 1 amide bonds. The quantitative estimate of drug-likeness (QED) is 0.751. The SMILES string of the molecule is Cl.O=C(CCOCC(F)F)NCC1NCCc2ccccc21. The molecule has 4 nitrogen and oxygen atoms in total. The van der Waals surface area contributed by atoms with E-state index in [1.807, 2.05) is 12.1 Å². The van der Waals surface area contributed by atoms with E-state index in [4.69, 9.17) is 0 Å². The second-order valence-electron chi connectivity index (χ2n) is 4.98. The maximum atomic E-state index is 11.9. The molecule has 0 spiro atoms. The number of hydrogen-bond acceptors (Lipinski definition) is 3. The summed E-state index contributed by atoms with van der Waals surface area (Å²) in [6.07, 6.45) is -1.40. The molecule has 1 heterocycles. The van der Waals surface area contributed by atoms with Crippen LogP contribution < -0.4 is 10.6 Å². The zero-order valence-electron chi connectivity index (χ0n) is 12.2. The van der Waals surface area contributed by atoms with Crippen molar-refractivity contribution in [3.63, 3.8) is 0 Å². The maximum absolute atomic E-state index is 11.9. The van der Waals surface area contributed by atoms with Crippen LogP contribution in [0.25, 0.3) is 0 Å². The number of amides is 1. The fraction of sp³-hybridized carbons (Fsp3) is 0.533. The first-order valence-corrected chi connectivity index (χ1v) is 7.10. The predicted molar refractivity (Wildman–Crippen MR) is 82.6 cm³/mol. The third-order valence-electron chi connectivity index (χ3n) is 3.44. The highest BCUT2D eigenvalue weighted by Crippen LogP contribution is 2.21. The minimum absolute atomic E-state index is 0. The highest BCUT2D eigenvalue weighted by molar-refractivity contribution is 5.85. The van der Waals surface area contributed by atoms with E-state index in [0.717, 1.165) is 13.0 Å². The van der Waals surface area contributed by atoms with Crippen LogP contribution >= 0.6 is 12.4 Å². The lowest BCUT2D eigenvalue weighted by Crippen LogP contribution is -2.39. The molecular formula is C15H21ClF2N2O2. The third-order valence-corrected chi connectivity index (χ3v) is 3.44. The molecule has 0 aromatic heterocycles. The lowest BCUT2D eigenvalue weighted by molar-refractivity contribution is -0.122. The highest BCUT2D eigenvalue weighted by atomic mass is 35.5. The molecule has 0 fully saturated rings. The number of benzene rings is 1. The van der Waals surface area contributed by atoms with Gasteiger partial charge in [0.25, 0.3) is 6.43 Å². The molecule has 1 unspecified atom stereocenters. The van der Waals surface area contributed by atoms with Crippen molar-refractivity contribution in [1.82, 2.24) is 10.6 Å². The summed E-state index contributed by atoms with van der Waals surface area (Å²) in [5.41, 5.74) is 2.51. The van der Waals surface area contributed by atoms with E-state index in [2.05, 4.69) is 27.5 Å². The van der Waals surface area contributed by atoms with Gasteiger partial charge < -0.3 is 15.4 Å². The van der Waals surface area contributed by atoms with Crippen molar-refractivity contribution in [3.8, 4) is 0 Å². The first-order valence-electron chi connectivity index (χ1n) is 7.10. The summed E-state index contributed by atoms with van der Waals surface area (Å²) in [5, 5.41) is 6.18. The summed E-state index contributed by atoms with van der Waals surface area (Å²) in [6.45, 7) is 0.773. The largest absolute Gasteiger partial charge is 0.375 e. The van der Waals surface area contributed by atoms with Gasteiger partial charge >= 0.3 is 0 Å². The lowest BCUT2D eigenvalue weighted by atomic mass is 9.94. The van der Waals surface area contributed by atoms with Gasteiger partial charge in [-0.05, 0) is 24.1 Å². The Balaban J connectivity index is 0.00000242. The van der Waals surface area contributed by atoms with Crippen molar-refractivity contribution in [3.05, 3.63) is 35.4 Å². The average Bonchev–Trinajstić information content (AvgIpc) is 2.49. The van der Waals surface area contributed by atoms with Crippen LogP contribution in [0.2, 0.25) is 0 Å². The molecule has 0 bridgehead atoms. The summed E-state index contributed by atoms with van der Waals surface area (Å²) in [6, 6.07) is 8.26. The van der Waals surface area contributed by atoms with Crippen molar-refractivity contribution >= 4 is 18.3 Å². The van der Waals surface area contributed by atoms with Crippen molar-refractivity contribution in [1.29, 1.82) is 0 Å².